The van der Waals surface area contributed by atoms with Gasteiger partial charge in [0.05, 0.1) is 30.3 Å². The van der Waals surface area contributed by atoms with Gasteiger partial charge in [0.15, 0.2) is 9.84 Å². The Bertz CT molecular complexity index is 696. The van der Waals surface area contributed by atoms with Crippen molar-refractivity contribution in [3.63, 3.8) is 0 Å². The van der Waals surface area contributed by atoms with Gasteiger partial charge < -0.3 is 5.32 Å². The van der Waals surface area contributed by atoms with E-state index in [0.29, 0.717) is 19.5 Å². The van der Waals surface area contributed by atoms with Crippen molar-refractivity contribution in [3.8, 4) is 0 Å². The third-order valence-corrected chi connectivity index (χ3v) is 6.51. The zero-order chi connectivity index (χ0) is 17.9. The minimum absolute atomic E-state index is 0.0520. The minimum Gasteiger partial charge on any atom is -0.353 e. The maximum absolute atomic E-state index is 12.0. The second-order valence-corrected chi connectivity index (χ2v) is 8.78. The summed E-state index contributed by atoms with van der Waals surface area (Å²) in [6, 6.07) is -0.0520. The molecule has 1 aromatic rings. The zero-order valence-corrected chi connectivity index (χ0v) is 15.8. The van der Waals surface area contributed by atoms with E-state index in [0.717, 1.165) is 17.8 Å². The number of rotatable bonds is 7. The summed E-state index contributed by atoms with van der Waals surface area (Å²) in [6.07, 6.45) is 1.57. The molecule has 7 nitrogen and oxygen atoms in total. The van der Waals surface area contributed by atoms with E-state index < -0.39 is 9.84 Å². The molecule has 2 heterocycles. The lowest BCUT2D eigenvalue weighted by Crippen LogP contribution is -2.42. The zero-order valence-electron chi connectivity index (χ0n) is 15.0. The number of amides is 1. The van der Waals surface area contributed by atoms with Crippen molar-refractivity contribution in [1.82, 2.24) is 20.0 Å². The van der Waals surface area contributed by atoms with Crippen molar-refractivity contribution < 1.29 is 13.2 Å². The van der Waals surface area contributed by atoms with E-state index in [9.17, 15) is 13.2 Å². The van der Waals surface area contributed by atoms with Gasteiger partial charge in [-0.2, -0.15) is 5.10 Å². The highest BCUT2D eigenvalue weighted by molar-refractivity contribution is 7.91. The van der Waals surface area contributed by atoms with Crippen LogP contribution in [-0.2, 0) is 27.6 Å². The van der Waals surface area contributed by atoms with Crippen LogP contribution >= 0.6 is 0 Å². The number of aryl methyl sites for hydroxylation is 1. The van der Waals surface area contributed by atoms with E-state index >= 15 is 0 Å². The van der Waals surface area contributed by atoms with Crippen LogP contribution in [0.3, 0.4) is 0 Å². The van der Waals surface area contributed by atoms with E-state index in [4.69, 9.17) is 0 Å². The Morgan fingerprint density at radius 2 is 2.12 bits per heavy atom. The summed E-state index contributed by atoms with van der Waals surface area (Å²) in [6.45, 7) is 7.54. The molecule has 1 saturated heterocycles. The van der Waals surface area contributed by atoms with Gasteiger partial charge in [-0.15, -0.1) is 0 Å². The van der Waals surface area contributed by atoms with Crippen molar-refractivity contribution >= 4 is 15.7 Å². The van der Waals surface area contributed by atoms with Gasteiger partial charge in [0.2, 0.25) is 5.91 Å². The summed E-state index contributed by atoms with van der Waals surface area (Å²) in [4.78, 5) is 13.9. The molecule has 1 amide bonds. The predicted molar refractivity (Wildman–Crippen MR) is 93.8 cm³/mol. The summed E-state index contributed by atoms with van der Waals surface area (Å²) >= 11 is 0. The minimum atomic E-state index is -2.92. The molecule has 0 radical (unpaired) electrons. The van der Waals surface area contributed by atoms with Crippen molar-refractivity contribution in [2.75, 3.05) is 31.6 Å². The smallest absolute Gasteiger partial charge is 0.234 e. The molecule has 0 unspecified atom stereocenters. The fourth-order valence-corrected chi connectivity index (χ4v) is 5.10. The van der Waals surface area contributed by atoms with Crippen LogP contribution in [0.5, 0.6) is 0 Å². The molecule has 0 spiro atoms. The average Bonchev–Trinajstić information content (AvgIpc) is 2.99. The Balaban J connectivity index is 1.77. The number of nitrogens with one attached hydrogen (secondary N) is 1. The highest BCUT2D eigenvalue weighted by atomic mass is 32.2. The molecule has 0 aliphatic carbocycles. The van der Waals surface area contributed by atoms with E-state index in [1.165, 1.54) is 5.56 Å². The molecule has 0 saturated carbocycles. The lowest BCUT2D eigenvalue weighted by Gasteiger charge is -2.22. The first kappa shape index (κ1) is 18.9. The SMILES string of the molecule is CCc1c(C)nn(CCNC(=O)CN(C)[C@H]2CCS(=O)(=O)C2)c1C. The van der Waals surface area contributed by atoms with E-state index in [2.05, 4.69) is 24.3 Å². The average molecular weight is 356 g/mol. The highest BCUT2D eigenvalue weighted by Crippen LogP contribution is 2.16. The third kappa shape index (κ3) is 4.57. The van der Waals surface area contributed by atoms with Gasteiger partial charge in [-0.05, 0) is 39.3 Å². The largest absolute Gasteiger partial charge is 0.353 e. The second kappa shape index (κ2) is 7.65. The summed E-state index contributed by atoms with van der Waals surface area (Å²) < 4.78 is 25.0. The summed E-state index contributed by atoms with van der Waals surface area (Å²) in [5.41, 5.74) is 3.46. The molecular formula is C16H28N4O3S. The van der Waals surface area contributed by atoms with Gasteiger partial charge >= 0.3 is 0 Å². The van der Waals surface area contributed by atoms with Gasteiger partial charge in [0, 0.05) is 18.3 Å². The summed E-state index contributed by atoms with van der Waals surface area (Å²) in [5, 5.41) is 7.40. The molecule has 2 rings (SSSR count). The van der Waals surface area contributed by atoms with Crippen LogP contribution in [0, 0.1) is 13.8 Å². The van der Waals surface area contributed by atoms with Crippen molar-refractivity contribution in [1.29, 1.82) is 0 Å². The Morgan fingerprint density at radius 1 is 1.42 bits per heavy atom. The number of hydrogen-bond acceptors (Lipinski definition) is 5. The molecule has 1 aliphatic heterocycles. The maximum atomic E-state index is 12.0. The van der Waals surface area contributed by atoms with Crippen molar-refractivity contribution in [3.05, 3.63) is 17.0 Å². The first-order valence-electron chi connectivity index (χ1n) is 8.43. The quantitative estimate of drug-likeness (QED) is 0.759. The van der Waals surface area contributed by atoms with Crippen LogP contribution < -0.4 is 5.32 Å². The second-order valence-electron chi connectivity index (χ2n) is 6.55. The van der Waals surface area contributed by atoms with Crippen LogP contribution in [0.4, 0.5) is 0 Å². The van der Waals surface area contributed by atoms with Crippen molar-refractivity contribution in [2.24, 2.45) is 0 Å². The third-order valence-electron chi connectivity index (χ3n) is 4.76. The molecule has 24 heavy (non-hydrogen) atoms. The predicted octanol–water partition coefficient (Wildman–Crippen LogP) is 0.297. The molecule has 1 aromatic heterocycles. The molecule has 136 valence electrons. The first-order valence-corrected chi connectivity index (χ1v) is 10.3. The number of sulfone groups is 1. The number of nitrogens with zero attached hydrogens (tertiary/aromatic N) is 3. The van der Waals surface area contributed by atoms with Crippen LogP contribution in [0.1, 0.15) is 30.3 Å². The van der Waals surface area contributed by atoms with Gasteiger partial charge in [0.25, 0.3) is 0 Å². The number of hydrogen-bond donors (Lipinski definition) is 1. The van der Waals surface area contributed by atoms with Crippen LogP contribution in [0.2, 0.25) is 0 Å². The Labute approximate surface area is 144 Å². The van der Waals surface area contributed by atoms with E-state index in [1.807, 2.05) is 16.5 Å². The van der Waals surface area contributed by atoms with Crippen LogP contribution in [-0.4, -0.2) is 66.7 Å². The Kier molecular flexibility index (Phi) is 6.03. The summed E-state index contributed by atoms with van der Waals surface area (Å²) in [7, 11) is -1.12. The normalized spacial score (nSPS) is 19.8. The van der Waals surface area contributed by atoms with Gasteiger partial charge in [0.1, 0.15) is 0 Å². The van der Waals surface area contributed by atoms with E-state index in [1.54, 1.807) is 7.05 Å². The monoisotopic (exact) mass is 356 g/mol. The Hall–Kier alpha value is -1.41. The number of aromatic nitrogens is 2. The van der Waals surface area contributed by atoms with E-state index in [-0.39, 0.29) is 30.0 Å². The summed E-state index contributed by atoms with van der Waals surface area (Å²) in [5.74, 6) is 0.294. The lowest BCUT2D eigenvalue weighted by atomic mass is 10.1. The van der Waals surface area contributed by atoms with Gasteiger partial charge in [-0.1, -0.05) is 6.92 Å². The maximum Gasteiger partial charge on any atom is 0.234 e. The Morgan fingerprint density at radius 3 is 2.67 bits per heavy atom. The molecule has 1 atom stereocenters. The number of carbonyl (C=O) groups excluding carboxylic acids is 1. The topological polar surface area (TPSA) is 84.3 Å². The van der Waals surface area contributed by atoms with Crippen LogP contribution in [0.25, 0.3) is 0 Å². The molecule has 8 heteroatoms. The number of carbonyl (C=O) groups is 1. The molecule has 0 aromatic carbocycles. The van der Waals surface area contributed by atoms with Crippen LogP contribution in [0.15, 0.2) is 0 Å². The fraction of sp³-hybridized carbons (Fsp3) is 0.750. The lowest BCUT2D eigenvalue weighted by molar-refractivity contribution is -0.122. The molecule has 0 bridgehead atoms. The molecular weight excluding hydrogens is 328 g/mol. The number of likely N-dealkylation sites (N-methyl/N-ethyl adjacent to an activating group) is 1. The van der Waals surface area contributed by atoms with Crippen molar-refractivity contribution in [2.45, 2.75) is 46.2 Å². The first-order chi connectivity index (χ1) is 11.2. The molecule has 1 N–H and O–H groups in total. The van der Waals surface area contributed by atoms with Gasteiger partial charge in [-0.25, -0.2) is 8.42 Å². The molecule has 1 fully saturated rings. The fourth-order valence-electron chi connectivity index (χ4n) is 3.30. The van der Waals surface area contributed by atoms with Gasteiger partial charge in [-0.3, -0.25) is 14.4 Å². The standard InChI is InChI=1S/C16H28N4O3S/c1-5-15-12(2)18-20(13(15)3)8-7-17-16(21)10-19(4)14-6-9-24(22,23)11-14/h14H,5-11H2,1-4H3,(H,17,21)/t14-/m0/s1. The molecule has 1 aliphatic rings. The highest BCUT2D eigenvalue weighted by Gasteiger charge is 2.31.